The van der Waals surface area contributed by atoms with Crippen LogP contribution in [-0.2, 0) is 46.5 Å². The van der Waals surface area contributed by atoms with Crippen LogP contribution in [0.25, 0.3) is 0 Å². The minimum atomic E-state index is -3.51. The van der Waals surface area contributed by atoms with Crippen LogP contribution >= 0.6 is 41.5 Å². The predicted octanol–water partition coefficient (Wildman–Crippen LogP) is 12.0. The molecule has 1 aliphatic rings. The van der Waals surface area contributed by atoms with Crippen molar-refractivity contribution in [1.29, 1.82) is 0 Å². The highest BCUT2D eigenvalue weighted by molar-refractivity contribution is 7.78. The lowest BCUT2D eigenvalue weighted by atomic mass is 10.5. The summed E-state index contributed by atoms with van der Waals surface area (Å²) in [4.78, 5) is 26.7. The van der Waals surface area contributed by atoms with E-state index in [4.69, 9.17) is 51.0 Å². The molecule has 0 aliphatic carbocycles. The zero-order valence-electron chi connectivity index (χ0n) is 32.7. The van der Waals surface area contributed by atoms with Crippen molar-refractivity contribution in [3.05, 3.63) is 0 Å². The lowest BCUT2D eigenvalue weighted by molar-refractivity contribution is -0.102. The van der Waals surface area contributed by atoms with Gasteiger partial charge in [0.05, 0.1) is 66.1 Å². The van der Waals surface area contributed by atoms with Gasteiger partial charge in [0.1, 0.15) is 0 Å². The van der Waals surface area contributed by atoms with E-state index in [9.17, 15) is 0 Å². The molecule has 0 spiro atoms. The first-order valence-electron chi connectivity index (χ1n) is 18.8. The molecule has 4 unspecified atom stereocenters. The fraction of sp³-hybridized carbons (Fsp3) is 1.00. The molecule has 0 bridgehead atoms. The molecule has 4 atom stereocenters. The smallest absolute Gasteiger partial charge is 0.328 e. The van der Waals surface area contributed by atoms with E-state index in [-0.39, 0.29) is 0 Å². The van der Waals surface area contributed by atoms with Crippen molar-refractivity contribution in [3.63, 3.8) is 0 Å². The Bertz CT molecular complexity index is 856. The summed E-state index contributed by atoms with van der Waals surface area (Å²) in [5, 5.41) is 0. The maximum atomic E-state index is 6.83. The topological polar surface area (TPSA) is 118 Å². The molecule has 1 aliphatic heterocycles. The predicted molar refractivity (Wildman–Crippen MR) is 207 cm³/mol. The second kappa shape index (κ2) is 31.6. The van der Waals surface area contributed by atoms with E-state index in [2.05, 4.69) is 69.2 Å². The Labute approximate surface area is 309 Å². The summed E-state index contributed by atoms with van der Waals surface area (Å²) in [7, 11) is -11.1. The van der Waals surface area contributed by atoms with Crippen molar-refractivity contribution in [2.75, 3.05) is 66.1 Å². The van der Waals surface area contributed by atoms with Crippen LogP contribution in [0.5, 0.6) is 0 Å². The van der Waals surface area contributed by atoms with Gasteiger partial charge >= 0.3 is 7.66 Å². The van der Waals surface area contributed by atoms with E-state index in [0.717, 1.165) is 64.2 Å². The van der Waals surface area contributed by atoms with Crippen molar-refractivity contribution < 1.29 is 46.5 Å². The summed E-state index contributed by atoms with van der Waals surface area (Å²) in [6, 6.07) is 0. The number of rotatable bonds is 30. The fourth-order valence-electron chi connectivity index (χ4n) is 3.44. The maximum Gasteiger partial charge on any atom is 0.328 e. The van der Waals surface area contributed by atoms with E-state index < -0.39 is 41.5 Å². The SMILES string of the molecule is CCCON1P(OCCC)N=P(OCCC)(OCCC)N(OCCC)P(OCCC)N(OCCC)P(OCCC)N(OCCC)P1OCCC. The van der Waals surface area contributed by atoms with Gasteiger partial charge in [0.2, 0.25) is 0 Å². The fourth-order valence-corrected chi connectivity index (χ4v) is 16.7. The molecule has 0 saturated heterocycles. The van der Waals surface area contributed by atoms with Crippen molar-refractivity contribution in [2.45, 2.75) is 133 Å². The van der Waals surface area contributed by atoms with Gasteiger partial charge in [0.15, 0.2) is 0 Å². The zero-order valence-corrected chi connectivity index (χ0v) is 37.2. The largest absolute Gasteiger partial charge is 0.328 e. The van der Waals surface area contributed by atoms with Crippen molar-refractivity contribution in [3.8, 4) is 0 Å². The average Bonchev–Trinajstić information content (AvgIpc) is 3.13. The van der Waals surface area contributed by atoms with Crippen LogP contribution in [0.1, 0.15) is 133 Å². The minimum Gasteiger partial charge on any atom is -0.328 e. The molecule has 0 aromatic rings. The standard InChI is InChI=1S/C30H70N5O10P5/c1-11-21-36-32-46(40-25-15-5)31-50(44-29-19-9,45-30-20-10)35(39-24-14-4)49(43-28-18-8)34(38-23-13-3)48(42-27-17-7)33(37-22-12-2)47(32)41-26-16-6/h11-30H2,1-10H3. The van der Waals surface area contributed by atoms with Gasteiger partial charge in [-0.1, -0.05) is 83.1 Å². The van der Waals surface area contributed by atoms with Gasteiger partial charge in [-0.2, -0.15) is 4.52 Å². The normalized spacial score (nSPS) is 23.0. The Kier molecular flexibility index (Phi) is 31.2. The summed E-state index contributed by atoms with van der Waals surface area (Å²) in [5.41, 5.74) is 0. The van der Waals surface area contributed by atoms with E-state index in [1.54, 1.807) is 18.4 Å². The molecule has 0 aromatic carbocycles. The zero-order chi connectivity index (χ0) is 37.0. The first-order chi connectivity index (χ1) is 24.4. The highest BCUT2D eigenvalue weighted by atomic mass is 31.3. The van der Waals surface area contributed by atoms with Gasteiger partial charge in [0.25, 0.3) is 33.8 Å². The average molecular weight is 816 g/mol. The van der Waals surface area contributed by atoms with Gasteiger partial charge in [-0.3, -0.25) is 19.4 Å². The molecular formula is C30H70N5O10P5. The highest BCUT2D eigenvalue weighted by Crippen LogP contribution is 2.79. The summed E-state index contributed by atoms with van der Waals surface area (Å²) in [5.74, 6) is 0. The number of hydrogen-bond acceptors (Lipinski definition) is 15. The number of hydrogen-bond donors (Lipinski definition) is 0. The Morgan fingerprint density at radius 3 is 1.16 bits per heavy atom. The first-order valence-corrected chi connectivity index (χ1v) is 25.0. The summed E-state index contributed by atoms with van der Waals surface area (Å²) in [6.07, 6.45) is 7.56. The summed E-state index contributed by atoms with van der Waals surface area (Å²) >= 11 is 0. The molecule has 1 heterocycles. The van der Waals surface area contributed by atoms with E-state index in [1.807, 2.05) is 0 Å². The molecule has 0 radical (unpaired) electrons. The quantitative estimate of drug-likeness (QED) is 0.0640. The number of nitrogens with zero attached hydrogens (tertiary/aromatic N) is 5. The summed E-state index contributed by atoms with van der Waals surface area (Å²) in [6.45, 7) is 24.8. The molecule has 20 heteroatoms. The second-order valence-electron chi connectivity index (χ2n) is 10.9. The van der Waals surface area contributed by atoms with Gasteiger partial charge in [-0.25, -0.2) is 0 Å². The monoisotopic (exact) mass is 815 g/mol. The van der Waals surface area contributed by atoms with Crippen LogP contribution in [0.15, 0.2) is 4.52 Å². The second-order valence-corrected chi connectivity index (χ2v) is 20.4. The molecule has 1 rings (SSSR count). The van der Waals surface area contributed by atoms with E-state index >= 15 is 0 Å². The molecule has 50 heavy (non-hydrogen) atoms. The molecule has 0 amide bonds. The molecular weight excluding hydrogens is 745 g/mol. The van der Waals surface area contributed by atoms with Crippen LogP contribution in [0.2, 0.25) is 0 Å². The molecule has 0 fully saturated rings. The Hall–Kier alpha value is 1.39. The van der Waals surface area contributed by atoms with E-state index in [0.29, 0.717) is 66.1 Å². The lowest BCUT2D eigenvalue weighted by Crippen LogP contribution is -2.35. The molecule has 15 nitrogen and oxygen atoms in total. The van der Waals surface area contributed by atoms with Gasteiger partial charge in [0, 0.05) is 0 Å². The van der Waals surface area contributed by atoms with Crippen LogP contribution in [-0.4, -0.2) is 84.5 Å². The molecule has 0 aromatic heterocycles. The third-order valence-corrected chi connectivity index (χ3v) is 17.1. The molecule has 300 valence electrons. The highest BCUT2D eigenvalue weighted by Gasteiger charge is 2.54. The third-order valence-electron chi connectivity index (χ3n) is 5.64. The molecule has 0 N–H and O–H groups in total. The first kappa shape index (κ1) is 49.4. The van der Waals surface area contributed by atoms with Crippen LogP contribution < -0.4 is 0 Å². The van der Waals surface area contributed by atoms with Crippen LogP contribution in [0, 0.1) is 0 Å². The minimum absolute atomic E-state index is 0.373. The maximum absolute atomic E-state index is 6.83. The van der Waals surface area contributed by atoms with Crippen molar-refractivity contribution in [1.82, 2.24) is 18.4 Å². The Morgan fingerprint density at radius 2 is 0.720 bits per heavy atom. The summed E-state index contributed by atoms with van der Waals surface area (Å²) < 4.78 is 53.2. The molecule has 0 saturated carbocycles. The van der Waals surface area contributed by atoms with Gasteiger partial charge in [-0.05, 0) is 68.8 Å². The Morgan fingerprint density at radius 1 is 0.380 bits per heavy atom. The Balaban J connectivity index is 4.54. The van der Waals surface area contributed by atoms with Crippen LogP contribution in [0.3, 0.4) is 0 Å². The van der Waals surface area contributed by atoms with Crippen molar-refractivity contribution in [2.24, 2.45) is 4.52 Å². The van der Waals surface area contributed by atoms with Gasteiger partial charge < -0.3 is 27.1 Å². The van der Waals surface area contributed by atoms with Crippen LogP contribution in [0.4, 0.5) is 0 Å². The van der Waals surface area contributed by atoms with E-state index in [1.165, 1.54) is 0 Å². The third kappa shape index (κ3) is 17.0. The lowest BCUT2D eigenvalue weighted by Gasteiger charge is -2.47. The van der Waals surface area contributed by atoms with Gasteiger partial charge in [-0.15, -0.1) is 0 Å². The van der Waals surface area contributed by atoms with Crippen molar-refractivity contribution >= 4 is 41.5 Å².